The van der Waals surface area contributed by atoms with Crippen LogP contribution in [0.4, 0.5) is 5.69 Å². The lowest BCUT2D eigenvalue weighted by molar-refractivity contribution is 0.0697. The average molecular weight is 223 g/mol. The Morgan fingerprint density at radius 3 is 2.54 bits per heavy atom. The van der Waals surface area contributed by atoms with Gasteiger partial charge in [0.15, 0.2) is 0 Å². The molecule has 0 amide bonds. The van der Waals surface area contributed by atoms with Crippen LogP contribution in [0.5, 0.6) is 0 Å². The molecule has 0 aliphatic heterocycles. The van der Waals surface area contributed by atoms with Crippen LogP contribution in [-0.4, -0.2) is 11.1 Å². The molecule has 4 N–H and O–H groups in total. The Bertz CT molecular complexity index is 317. The van der Waals surface area contributed by atoms with Crippen molar-refractivity contribution < 1.29 is 9.90 Å². The van der Waals surface area contributed by atoms with E-state index in [1.807, 2.05) is 0 Å². The first-order valence-corrected chi connectivity index (χ1v) is 3.52. The van der Waals surface area contributed by atoms with E-state index in [-0.39, 0.29) is 23.0 Å². The third-order valence-electron chi connectivity index (χ3n) is 1.37. The number of carboxylic acids is 1. The molecule has 0 saturated heterocycles. The molecule has 0 atom stereocenters. The molecule has 0 radical (unpaired) electrons. The fraction of sp³-hybridized carbons (Fsp3) is 0. The minimum Gasteiger partial charge on any atom is -0.478 e. The third-order valence-corrected chi connectivity index (χ3v) is 1.68. The van der Waals surface area contributed by atoms with Crippen molar-refractivity contribution in [2.45, 2.75) is 0 Å². The van der Waals surface area contributed by atoms with Crippen molar-refractivity contribution in [3.8, 4) is 0 Å². The smallest absolute Gasteiger partial charge is 0.337 e. The van der Waals surface area contributed by atoms with Crippen LogP contribution < -0.4 is 11.3 Å². The van der Waals surface area contributed by atoms with Gasteiger partial charge in [0.05, 0.1) is 10.6 Å². The largest absolute Gasteiger partial charge is 0.478 e. The molecule has 72 valence electrons. The third kappa shape index (κ3) is 2.77. The molecule has 1 rings (SSSR count). The monoisotopic (exact) mass is 222 g/mol. The quantitative estimate of drug-likeness (QED) is 0.527. The van der Waals surface area contributed by atoms with Gasteiger partial charge in [0, 0.05) is 5.69 Å². The van der Waals surface area contributed by atoms with Crippen molar-refractivity contribution in [1.29, 1.82) is 0 Å². The number of hydrogen-bond acceptors (Lipinski definition) is 3. The number of carboxylic acid groups (broad SMARTS) is 1. The molecule has 0 fully saturated rings. The summed E-state index contributed by atoms with van der Waals surface area (Å²) >= 11 is 5.63. The predicted molar refractivity (Wildman–Crippen MR) is 53.5 cm³/mol. The topological polar surface area (TPSA) is 75.3 Å². The van der Waals surface area contributed by atoms with Crippen molar-refractivity contribution in [1.82, 2.24) is 0 Å². The first kappa shape index (κ1) is 12.0. The van der Waals surface area contributed by atoms with Crippen LogP contribution in [0.15, 0.2) is 18.2 Å². The second-order valence-electron chi connectivity index (χ2n) is 2.14. The number of nitrogens with one attached hydrogen (secondary N) is 1. The number of aromatic carboxylic acids is 1. The second kappa shape index (κ2) is 4.91. The van der Waals surface area contributed by atoms with E-state index in [4.69, 9.17) is 22.6 Å². The van der Waals surface area contributed by atoms with Gasteiger partial charge in [-0.3, -0.25) is 5.84 Å². The molecule has 4 nitrogen and oxygen atoms in total. The maximum Gasteiger partial charge on any atom is 0.337 e. The maximum atomic E-state index is 10.5. The summed E-state index contributed by atoms with van der Waals surface area (Å²) in [7, 11) is 0. The SMILES string of the molecule is Cl.NNc1ccc(C(=O)O)c(Cl)c1. The first-order valence-electron chi connectivity index (χ1n) is 3.14. The van der Waals surface area contributed by atoms with Gasteiger partial charge in [-0.25, -0.2) is 4.79 Å². The van der Waals surface area contributed by atoms with E-state index < -0.39 is 5.97 Å². The molecule has 0 spiro atoms. The summed E-state index contributed by atoms with van der Waals surface area (Å²) in [4.78, 5) is 10.5. The van der Waals surface area contributed by atoms with Crippen LogP contribution in [0.25, 0.3) is 0 Å². The van der Waals surface area contributed by atoms with Gasteiger partial charge in [-0.2, -0.15) is 0 Å². The maximum absolute atomic E-state index is 10.5. The zero-order valence-corrected chi connectivity index (χ0v) is 8.02. The molecule has 0 saturated carbocycles. The normalized spacial score (nSPS) is 8.77. The second-order valence-corrected chi connectivity index (χ2v) is 2.55. The van der Waals surface area contributed by atoms with Crippen LogP contribution in [0.2, 0.25) is 5.02 Å². The molecule has 0 aliphatic rings. The van der Waals surface area contributed by atoms with E-state index in [1.54, 1.807) is 0 Å². The van der Waals surface area contributed by atoms with Gasteiger partial charge < -0.3 is 10.5 Å². The van der Waals surface area contributed by atoms with E-state index in [9.17, 15) is 4.79 Å². The number of nitrogen functional groups attached to an aromatic ring is 1. The summed E-state index contributed by atoms with van der Waals surface area (Å²) < 4.78 is 0. The zero-order valence-electron chi connectivity index (χ0n) is 6.45. The van der Waals surface area contributed by atoms with Gasteiger partial charge >= 0.3 is 5.97 Å². The van der Waals surface area contributed by atoms with Crippen LogP contribution >= 0.6 is 24.0 Å². The van der Waals surface area contributed by atoms with Crippen LogP contribution in [0.3, 0.4) is 0 Å². The molecule has 1 aromatic rings. The minimum atomic E-state index is -1.05. The Balaban J connectivity index is 0.00000144. The van der Waals surface area contributed by atoms with Gasteiger partial charge in [-0.1, -0.05) is 11.6 Å². The van der Waals surface area contributed by atoms with E-state index >= 15 is 0 Å². The van der Waals surface area contributed by atoms with Crippen LogP contribution in [-0.2, 0) is 0 Å². The Labute approximate surface area is 86.1 Å². The molecule has 0 bridgehead atoms. The van der Waals surface area contributed by atoms with Crippen molar-refractivity contribution >= 4 is 35.7 Å². The van der Waals surface area contributed by atoms with E-state index in [0.29, 0.717) is 5.69 Å². The summed E-state index contributed by atoms with van der Waals surface area (Å²) in [5.74, 6) is 4.04. The van der Waals surface area contributed by atoms with Gasteiger partial charge in [-0.15, -0.1) is 12.4 Å². The number of halogens is 2. The molecule has 1 aromatic carbocycles. The molecule has 6 heteroatoms. The van der Waals surface area contributed by atoms with E-state index in [0.717, 1.165) is 0 Å². The van der Waals surface area contributed by atoms with Gasteiger partial charge in [0.25, 0.3) is 0 Å². The highest BCUT2D eigenvalue weighted by atomic mass is 35.5. The molecule has 0 unspecified atom stereocenters. The fourth-order valence-corrected chi connectivity index (χ4v) is 1.04. The number of carbonyl (C=O) groups is 1. The summed E-state index contributed by atoms with van der Waals surface area (Å²) in [5, 5.41) is 8.76. The van der Waals surface area contributed by atoms with Crippen molar-refractivity contribution in [2.24, 2.45) is 5.84 Å². The Morgan fingerprint density at radius 1 is 1.54 bits per heavy atom. The first-order chi connectivity index (χ1) is 5.65. The van der Waals surface area contributed by atoms with Gasteiger partial charge in [0.2, 0.25) is 0 Å². The highest BCUT2D eigenvalue weighted by molar-refractivity contribution is 6.33. The van der Waals surface area contributed by atoms with E-state index in [2.05, 4.69) is 5.43 Å². The lowest BCUT2D eigenvalue weighted by Crippen LogP contribution is -2.07. The summed E-state index contributed by atoms with van der Waals surface area (Å²) in [6.45, 7) is 0. The number of rotatable bonds is 2. The molecule has 0 heterocycles. The van der Waals surface area contributed by atoms with Crippen LogP contribution in [0.1, 0.15) is 10.4 Å². The molecular formula is C7H8Cl2N2O2. The van der Waals surface area contributed by atoms with Crippen LogP contribution in [0, 0.1) is 0 Å². The summed E-state index contributed by atoms with van der Waals surface area (Å²) in [6, 6.07) is 4.38. The lowest BCUT2D eigenvalue weighted by Gasteiger charge is -2.02. The average Bonchev–Trinajstić information content (AvgIpc) is 2.03. The van der Waals surface area contributed by atoms with Gasteiger partial charge in [0.1, 0.15) is 0 Å². The number of anilines is 1. The zero-order chi connectivity index (χ0) is 9.14. The molecule has 13 heavy (non-hydrogen) atoms. The van der Waals surface area contributed by atoms with Crippen molar-refractivity contribution in [3.63, 3.8) is 0 Å². The standard InChI is InChI=1S/C7H7ClN2O2.ClH/c8-6-3-4(10-9)1-2-5(6)7(11)12;/h1-3,10H,9H2,(H,11,12);1H. The van der Waals surface area contributed by atoms with Crippen molar-refractivity contribution in [3.05, 3.63) is 28.8 Å². The summed E-state index contributed by atoms with van der Waals surface area (Å²) in [6.07, 6.45) is 0. The number of hydrogen-bond donors (Lipinski definition) is 3. The molecular weight excluding hydrogens is 215 g/mol. The van der Waals surface area contributed by atoms with E-state index in [1.165, 1.54) is 18.2 Å². The number of nitrogens with two attached hydrogens (primary N) is 1. The number of hydrazine groups is 1. The minimum absolute atomic E-state index is 0. The molecule has 0 aromatic heterocycles. The lowest BCUT2D eigenvalue weighted by atomic mass is 10.2. The fourth-order valence-electron chi connectivity index (χ4n) is 0.778. The highest BCUT2D eigenvalue weighted by Crippen LogP contribution is 2.19. The Kier molecular flexibility index (Phi) is 4.55. The Morgan fingerprint density at radius 2 is 2.15 bits per heavy atom. The van der Waals surface area contributed by atoms with Crippen molar-refractivity contribution in [2.75, 3.05) is 5.43 Å². The Hall–Kier alpha value is -0.970. The highest BCUT2D eigenvalue weighted by Gasteiger charge is 2.07. The molecule has 0 aliphatic carbocycles. The van der Waals surface area contributed by atoms with Gasteiger partial charge in [-0.05, 0) is 18.2 Å². The summed E-state index contributed by atoms with van der Waals surface area (Å²) in [5.41, 5.74) is 3.00. The number of benzene rings is 1. The predicted octanol–water partition coefficient (Wildman–Crippen LogP) is 1.75.